The van der Waals surface area contributed by atoms with Crippen LogP contribution >= 0.6 is 0 Å². The lowest BCUT2D eigenvalue weighted by Gasteiger charge is -2.15. The zero-order valence-corrected chi connectivity index (χ0v) is 8.37. The first-order valence-corrected chi connectivity index (χ1v) is 4.38. The third-order valence-corrected chi connectivity index (χ3v) is 2.02. The monoisotopic (exact) mass is 244 g/mol. The molecule has 1 aromatic heterocycles. The van der Waals surface area contributed by atoms with Crippen LogP contribution < -0.4 is 5.73 Å². The number of carbonyl (C=O) groups is 2. The number of rotatable bonds is 4. The Hall–Kier alpha value is -2.06. The van der Waals surface area contributed by atoms with Crippen molar-refractivity contribution >= 4 is 11.9 Å². The lowest BCUT2D eigenvalue weighted by Crippen LogP contribution is -2.34. The minimum atomic E-state index is -1.93. The minimum absolute atomic E-state index is 0.227. The zero-order chi connectivity index (χ0) is 13.2. The smallest absolute Gasteiger partial charge is 0.340 e. The molecule has 0 aliphatic heterocycles. The summed E-state index contributed by atoms with van der Waals surface area (Å²) in [5.41, 5.74) is 3.74. The maximum Gasteiger partial charge on any atom is 0.340 e. The van der Waals surface area contributed by atoms with Crippen LogP contribution in [0.15, 0.2) is 12.3 Å². The largest absolute Gasteiger partial charge is 0.478 e. The Labute approximate surface area is 94.3 Å². The lowest BCUT2D eigenvalue weighted by molar-refractivity contribution is -0.131. The maximum absolute atomic E-state index is 12.9. The second-order valence-corrected chi connectivity index (χ2v) is 3.20. The molecule has 0 radical (unpaired) electrons. The molecular formula is C9H9FN2O5. The van der Waals surface area contributed by atoms with Gasteiger partial charge in [0.15, 0.2) is 6.10 Å². The molecule has 0 spiro atoms. The molecule has 0 aliphatic rings. The van der Waals surface area contributed by atoms with Crippen molar-refractivity contribution in [3.05, 3.63) is 29.3 Å². The molecule has 1 aromatic rings. The quantitative estimate of drug-likeness (QED) is 0.491. The Morgan fingerprint density at radius 2 is 2.00 bits per heavy atom. The molecule has 0 aliphatic carbocycles. The number of carboxylic acids is 1. The fourth-order valence-corrected chi connectivity index (χ4v) is 1.11. The van der Waals surface area contributed by atoms with E-state index in [9.17, 15) is 19.1 Å². The number of nitrogens with zero attached hydrogens (tertiary/aromatic N) is 1. The Kier molecular flexibility index (Phi) is 3.71. The highest BCUT2D eigenvalue weighted by molar-refractivity contribution is 5.87. The number of halogens is 1. The van der Waals surface area contributed by atoms with Gasteiger partial charge < -0.3 is 21.1 Å². The van der Waals surface area contributed by atoms with E-state index in [4.69, 9.17) is 15.9 Å². The van der Waals surface area contributed by atoms with Crippen molar-refractivity contribution in [3.8, 4) is 0 Å². The molecule has 0 fully saturated rings. The lowest BCUT2D eigenvalue weighted by atomic mass is 10.0. The van der Waals surface area contributed by atoms with Crippen LogP contribution in [0.4, 0.5) is 4.39 Å². The Morgan fingerprint density at radius 1 is 1.41 bits per heavy atom. The average molecular weight is 244 g/mol. The summed E-state index contributed by atoms with van der Waals surface area (Å²) < 4.78 is 12.9. The predicted molar refractivity (Wildman–Crippen MR) is 51.3 cm³/mol. The van der Waals surface area contributed by atoms with Crippen LogP contribution in [0, 0.1) is 5.95 Å². The molecule has 1 rings (SSSR count). The fraction of sp³-hybridized carbons (Fsp3) is 0.222. The van der Waals surface area contributed by atoms with Gasteiger partial charge in [0.25, 0.3) is 0 Å². The van der Waals surface area contributed by atoms with E-state index in [1.165, 1.54) is 0 Å². The molecule has 0 saturated heterocycles. The van der Waals surface area contributed by atoms with E-state index in [-0.39, 0.29) is 5.56 Å². The Morgan fingerprint density at radius 3 is 2.47 bits per heavy atom. The minimum Gasteiger partial charge on any atom is -0.478 e. The molecular weight excluding hydrogens is 235 g/mol. The van der Waals surface area contributed by atoms with E-state index in [0.717, 1.165) is 12.3 Å². The molecule has 0 aromatic carbocycles. The van der Waals surface area contributed by atoms with Gasteiger partial charge in [0.2, 0.25) is 11.9 Å². The fourth-order valence-electron chi connectivity index (χ4n) is 1.11. The van der Waals surface area contributed by atoms with Crippen molar-refractivity contribution in [2.75, 3.05) is 0 Å². The number of aliphatic hydroxyl groups is 2. The van der Waals surface area contributed by atoms with E-state index in [0.29, 0.717) is 0 Å². The van der Waals surface area contributed by atoms with Crippen molar-refractivity contribution in [1.29, 1.82) is 0 Å². The van der Waals surface area contributed by atoms with Crippen LogP contribution in [0.5, 0.6) is 0 Å². The zero-order valence-electron chi connectivity index (χ0n) is 8.37. The molecule has 5 N–H and O–H groups in total. The molecule has 2 atom stereocenters. The molecule has 2 unspecified atom stereocenters. The number of primary amides is 1. The van der Waals surface area contributed by atoms with E-state index in [1.807, 2.05) is 0 Å². The van der Waals surface area contributed by atoms with Crippen LogP contribution in [0.2, 0.25) is 0 Å². The Balaban J connectivity index is 3.11. The summed E-state index contributed by atoms with van der Waals surface area (Å²) in [5, 5.41) is 27.2. The highest BCUT2D eigenvalue weighted by atomic mass is 19.1. The molecule has 1 amide bonds. The third-order valence-electron chi connectivity index (χ3n) is 2.02. The molecule has 0 saturated carbocycles. The first kappa shape index (κ1) is 13.0. The van der Waals surface area contributed by atoms with Crippen molar-refractivity contribution in [2.24, 2.45) is 5.73 Å². The van der Waals surface area contributed by atoms with E-state index < -0.39 is 35.6 Å². The van der Waals surface area contributed by atoms with Gasteiger partial charge in [-0.2, -0.15) is 4.39 Å². The van der Waals surface area contributed by atoms with Crippen LogP contribution in [0.1, 0.15) is 22.0 Å². The summed E-state index contributed by atoms with van der Waals surface area (Å²) in [4.78, 5) is 24.3. The number of pyridine rings is 1. The first-order chi connectivity index (χ1) is 7.84. The van der Waals surface area contributed by atoms with Gasteiger partial charge in [0.05, 0.1) is 0 Å². The van der Waals surface area contributed by atoms with E-state index in [2.05, 4.69) is 4.98 Å². The van der Waals surface area contributed by atoms with Crippen LogP contribution in [-0.4, -0.2) is 38.3 Å². The summed E-state index contributed by atoms with van der Waals surface area (Å²) in [6, 6.07) is 0.765. The second-order valence-electron chi connectivity index (χ2n) is 3.20. The molecule has 17 heavy (non-hydrogen) atoms. The molecule has 7 nitrogen and oxygen atoms in total. The summed E-state index contributed by atoms with van der Waals surface area (Å²) in [5.74, 6) is -4.02. The molecule has 8 heteroatoms. The molecule has 92 valence electrons. The second kappa shape index (κ2) is 4.85. The van der Waals surface area contributed by atoms with Crippen LogP contribution in [0.3, 0.4) is 0 Å². The van der Waals surface area contributed by atoms with Crippen molar-refractivity contribution in [2.45, 2.75) is 12.2 Å². The average Bonchev–Trinajstić information content (AvgIpc) is 2.27. The number of aliphatic hydroxyl groups excluding tert-OH is 2. The number of carboxylic acid groups (broad SMARTS) is 1. The normalized spacial score (nSPS) is 14.1. The SMILES string of the molecule is NC(=O)C(O)C(O)c1cnc(F)c(C(=O)O)c1. The summed E-state index contributed by atoms with van der Waals surface area (Å²) in [6.07, 6.45) is -2.89. The van der Waals surface area contributed by atoms with Gasteiger partial charge in [-0.25, -0.2) is 9.78 Å². The van der Waals surface area contributed by atoms with Gasteiger partial charge in [-0.05, 0) is 6.07 Å². The van der Waals surface area contributed by atoms with E-state index in [1.54, 1.807) is 0 Å². The van der Waals surface area contributed by atoms with Gasteiger partial charge in [0, 0.05) is 11.8 Å². The number of hydrogen-bond donors (Lipinski definition) is 4. The van der Waals surface area contributed by atoms with E-state index >= 15 is 0 Å². The van der Waals surface area contributed by atoms with Gasteiger partial charge in [0.1, 0.15) is 11.7 Å². The third kappa shape index (κ3) is 2.74. The topological polar surface area (TPSA) is 134 Å². The standard InChI is InChI=1S/C9H9FN2O5/c10-7-4(9(16)17)1-3(2-12-7)5(13)6(14)8(11)15/h1-2,5-6,13-14H,(H2,11,15)(H,16,17). The van der Waals surface area contributed by atoms with Gasteiger partial charge in [-0.15, -0.1) is 0 Å². The molecule has 0 bridgehead atoms. The van der Waals surface area contributed by atoms with Crippen LogP contribution in [-0.2, 0) is 4.79 Å². The van der Waals surface area contributed by atoms with Crippen molar-refractivity contribution in [3.63, 3.8) is 0 Å². The van der Waals surface area contributed by atoms with Crippen molar-refractivity contribution in [1.82, 2.24) is 4.98 Å². The predicted octanol–water partition coefficient (Wildman–Crippen LogP) is -1.20. The highest BCUT2D eigenvalue weighted by Gasteiger charge is 2.25. The van der Waals surface area contributed by atoms with Gasteiger partial charge in [-0.1, -0.05) is 0 Å². The number of carbonyl (C=O) groups excluding carboxylic acids is 1. The molecule has 1 heterocycles. The number of aromatic nitrogens is 1. The number of amides is 1. The number of hydrogen-bond acceptors (Lipinski definition) is 5. The highest BCUT2D eigenvalue weighted by Crippen LogP contribution is 2.18. The summed E-state index contributed by atoms with van der Waals surface area (Å²) >= 11 is 0. The van der Waals surface area contributed by atoms with Gasteiger partial charge >= 0.3 is 5.97 Å². The maximum atomic E-state index is 12.9. The first-order valence-electron chi connectivity index (χ1n) is 4.38. The Bertz CT molecular complexity index is 465. The number of aromatic carboxylic acids is 1. The summed E-state index contributed by atoms with van der Waals surface area (Å²) in [6.45, 7) is 0. The van der Waals surface area contributed by atoms with Crippen LogP contribution in [0.25, 0.3) is 0 Å². The van der Waals surface area contributed by atoms with Crippen molar-refractivity contribution < 1.29 is 29.3 Å². The van der Waals surface area contributed by atoms with Gasteiger partial charge in [-0.3, -0.25) is 4.79 Å². The summed E-state index contributed by atoms with van der Waals surface area (Å²) in [7, 11) is 0. The number of nitrogens with two attached hydrogens (primary N) is 1.